The monoisotopic (exact) mass is 435 g/mol. The first-order valence-corrected chi connectivity index (χ1v) is 9.67. The van der Waals surface area contributed by atoms with E-state index in [9.17, 15) is 14.4 Å². The second kappa shape index (κ2) is 8.41. The molecule has 2 aromatic carbocycles. The van der Waals surface area contributed by atoms with E-state index in [1.807, 2.05) is 0 Å². The maximum Gasteiger partial charge on any atom is 0.337 e. The summed E-state index contributed by atoms with van der Waals surface area (Å²) in [6.07, 6.45) is 1.53. The molecule has 156 valence electrons. The number of hydrogen-bond acceptors (Lipinski definition) is 6. The Kier molecular flexibility index (Phi) is 5.50. The molecule has 0 saturated heterocycles. The van der Waals surface area contributed by atoms with Crippen molar-refractivity contribution in [3.05, 3.63) is 92.9 Å². The molecule has 31 heavy (non-hydrogen) atoms. The van der Waals surface area contributed by atoms with Crippen LogP contribution < -0.4 is 10.9 Å². The van der Waals surface area contributed by atoms with E-state index in [1.54, 1.807) is 36.4 Å². The van der Waals surface area contributed by atoms with Gasteiger partial charge in [0.15, 0.2) is 4.77 Å². The molecule has 2 aromatic heterocycles. The Labute approximate surface area is 181 Å². The minimum atomic E-state index is -0.515. The molecule has 0 aliphatic heterocycles. The highest BCUT2D eigenvalue weighted by molar-refractivity contribution is 7.71. The second-order valence-corrected chi connectivity index (χ2v) is 7.02. The lowest BCUT2D eigenvalue weighted by molar-refractivity contribution is 0.0600. The van der Waals surface area contributed by atoms with Crippen molar-refractivity contribution in [2.24, 2.45) is 0 Å². The van der Waals surface area contributed by atoms with Crippen LogP contribution in [0.1, 0.15) is 26.5 Å². The molecule has 0 saturated carbocycles. The minimum Gasteiger partial charge on any atom is -0.467 e. The van der Waals surface area contributed by atoms with Gasteiger partial charge in [-0.2, -0.15) is 0 Å². The van der Waals surface area contributed by atoms with E-state index in [2.05, 4.69) is 10.3 Å². The maximum atomic E-state index is 13.1. The highest BCUT2D eigenvalue weighted by Gasteiger charge is 2.13. The fourth-order valence-electron chi connectivity index (χ4n) is 3.17. The Morgan fingerprint density at radius 3 is 2.71 bits per heavy atom. The smallest absolute Gasteiger partial charge is 0.337 e. The Balaban J connectivity index is 1.70. The number of nitrogens with zero attached hydrogens (tertiary/aromatic N) is 1. The molecule has 4 aromatic rings. The molecule has 0 atom stereocenters. The number of hydrogen-bond donors (Lipinski definition) is 2. The standard InChI is InChI=1S/C22H17N3O5S/c1-29-21(28)14-7-8-17-18(11-14)24-22(31)25(20(17)27)15-5-2-4-13(10-15)19(26)23-12-16-6-3-9-30-16/h2-11H,12H2,1H3,(H,23,26)(H,24,31). The number of H-pyrrole nitrogens is 1. The molecule has 0 fully saturated rings. The normalized spacial score (nSPS) is 10.7. The largest absolute Gasteiger partial charge is 0.467 e. The molecule has 0 aliphatic carbocycles. The predicted molar refractivity (Wildman–Crippen MR) is 116 cm³/mol. The van der Waals surface area contributed by atoms with E-state index in [0.29, 0.717) is 33.5 Å². The average molecular weight is 435 g/mol. The first-order valence-electron chi connectivity index (χ1n) is 9.26. The van der Waals surface area contributed by atoms with E-state index in [4.69, 9.17) is 21.4 Å². The zero-order valence-corrected chi connectivity index (χ0v) is 17.2. The van der Waals surface area contributed by atoms with Crippen LogP contribution in [-0.4, -0.2) is 28.5 Å². The third-order valence-corrected chi connectivity index (χ3v) is 4.97. The van der Waals surface area contributed by atoms with Gasteiger partial charge in [-0.05, 0) is 60.7 Å². The summed E-state index contributed by atoms with van der Waals surface area (Å²) in [4.78, 5) is 40.3. The van der Waals surface area contributed by atoms with E-state index in [0.717, 1.165) is 0 Å². The molecule has 0 aliphatic rings. The minimum absolute atomic E-state index is 0.132. The van der Waals surface area contributed by atoms with Crippen molar-refractivity contribution in [3.63, 3.8) is 0 Å². The van der Waals surface area contributed by atoms with Gasteiger partial charge in [0.2, 0.25) is 0 Å². The predicted octanol–water partition coefficient (Wildman–Crippen LogP) is 3.36. The summed E-state index contributed by atoms with van der Waals surface area (Å²) >= 11 is 5.38. The summed E-state index contributed by atoms with van der Waals surface area (Å²) in [5, 5.41) is 3.11. The van der Waals surface area contributed by atoms with Crippen LogP contribution in [0.4, 0.5) is 0 Å². The number of rotatable bonds is 5. The molecule has 2 heterocycles. The van der Waals surface area contributed by atoms with Crippen LogP contribution in [0, 0.1) is 4.77 Å². The van der Waals surface area contributed by atoms with E-state index < -0.39 is 5.97 Å². The van der Waals surface area contributed by atoms with Crippen molar-refractivity contribution in [2.45, 2.75) is 6.54 Å². The molecule has 1 amide bonds. The first-order chi connectivity index (χ1) is 15.0. The molecule has 2 N–H and O–H groups in total. The number of methoxy groups -OCH3 is 1. The second-order valence-electron chi connectivity index (χ2n) is 6.64. The van der Waals surface area contributed by atoms with Crippen LogP contribution in [0.25, 0.3) is 16.6 Å². The number of fused-ring (bicyclic) bond motifs is 1. The molecule has 0 unspecified atom stereocenters. The van der Waals surface area contributed by atoms with Gasteiger partial charge >= 0.3 is 5.97 Å². The van der Waals surface area contributed by atoms with E-state index in [-0.39, 0.29) is 22.8 Å². The van der Waals surface area contributed by atoms with Crippen LogP contribution in [0.2, 0.25) is 0 Å². The number of carbonyl (C=O) groups excluding carboxylic acids is 2. The Morgan fingerprint density at radius 2 is 1.97 bits per heavy atom. The summed E-state index contributed by atoms with van der Waals surface area (Å²) < 4.78 is 11.4. The number of aromatic nitrogens is 2. The summed E-state index contributed by atoms with van der Waals surface area (Å²) in [5.41, 5.74) is 1.15. The SMILES string of the molecule is COC(=O)c1ccc2c(=O)n(-c3cccc(C(=O)NCc4ccco4)c3)c(=S)[nH]c2c1. The van der Waals surface area contributed by atoms with Gasteiger partial charge in [-0.15, -0.1) is 0 Å². The number of benzene rings is 2. The molecule has 4 rings (SSSR count). The molecule has 0 radical (unpaired) electrons. The lowest BCUT2D eigenvalue weighted by atomic mass is 10.1. The van der Waals surface area contributed by atoms with Gasteiger partial charge in [-0.25, -0.2) is 4.79 Å². The van der Waals surface area contributed by atoms with Crippen LogP contribution in [-0.2, 0) is 11.3 Å². The number of furan rings is 1. The quantitative estimate of drug-likeness (QED) is 0.368. The van der Waals surface area contributed by atoms with Gasteiger partial charge in [0, 0.05) is 5.56 Å². The van der Waals surface area contributed by atoms with Gasteiger partial charge in [0.25, 0.3) is 11.5 Å². The number of aromatic amines is 1. The number of ether oxygens (including phenoxy) is 1. The summed E-state index contributed by atoms with van der Waals surface area (Å²) in [5.74, 6) is -0.201. The van der Waals surface area contributed by atoms with Crippen LogP contribution >= 0.6 is 12.2 Å². The van der Waals surface area contributed by atoms with Gasteiger partial charge in [0.1, 0.15) is 5.76 Å². The van der Waals surface area contributed by atoms with Crippen molar-refractivity contribution < 1.29 is 18.7 Å². The van der Waals surface area contributed by atoms with Crippen LogP contribution in [0.3, 0.4) is 0 Å². The van der Waals surface area contributed by atoms with Crippen molar-refractivity contribution in [3.8, 4) is 5.69 Å². The molecule has 8 nitrogen and oxygen atoms in total. The number of nitrogens with one attached hydrogen (secondary N) is 2. The van der Waals surface area contributed by atoms with Crippen molar-refractivity contribution in [1.82, 2.24) is 14.9 Å². The summed E-state index contributed by atoms with van der Waals surface area (Å²) in [7, 11) is 1.28. The van der Waals surface area contributed by atoms with Gasteiger partial charge in [-0.1, -0.05) is 6.07 Å². The van der Waals surface area contributed by atoms with Crippen molar-refractivity contribution in [2.75, 3.05) is 7.11 Å². The average Bonchev–Trinajstić information content (AvgIpc) is 3.30. The Bertz CT molecular complexity index is 1400. The molecular formula is C22H17N3O5S. The van der Waals surface area contributed by atoms with Crippen LogP contribution in [0.15, 0.2) is 70.1 Å². The number of esters is 1. The maximum absolute atomic E-state index is 13.1. The van der Waals surface area contributed by atoms with Gasteiger partial charge in [-0.3, -0.25) is 14.2 Å². The highest BCUT2D eigenvalue weighted by Crippen LogP contribution is 2.15. The molecule has 0 spiro atoms. The Hall–Kier alpha value is -3.98. The van der Waals surface area contributed by atoms with Crippen LogP contribution in [0.5, 0.6) is 0 Å². The highest BCUT2D eigenvalue weighted by atomic mass is 32.1. The van der Waals surface area contributed by atoms with Crippen molar-refractivity contribution >= 4 is 35.0 Å². The lowest BCUT2D eigenvalue weighted by Gasteiger charge is -2.10. The zero-order chi connectivity index (χ0) is 22.0. The molecule has 0 bridgehead atoms. The lowest BCUT2D eigenvalue weighted by Crippen LogP contribution is -2.24. The van der Waals surface area contributed by atoms with E-state index >= 15 is 0 Å². The topological polar surface area (TPSA) is 106 Å². The molecule has 9 heteroatoms. The fourth-order valence-corrected chi connectivity index (χ4v) is 3.46. The zero-order valence-electron chi connectivity index (χ0n) is 16.4. The number of amides is 1. The Morgan fingerprint density at radius 1 is 1.13 bits per heavy atom. The number of carbonyl (C=O) groups is 2. The fraction of sp³-hybridized carbons (Fsp3) is 0.0909. The molecular weight excluding hydrogens is 418 g/mol. The van der Waals surface area contributed by atoms with Gasteiger partial charge in [0.05, 0.1) is 42.1 Å². The third kappa shape index (κ3) is 4.03. The first kappa shape index (κ1) is 20.3. The van der Waals surface area contributed by atoms with Gasteiger partial charge < -0.3 is 19.5 Å². The summed E-state index contributed by atoms with van der Waals surface area (Å²) in [6.45, 7) is 0.245. The van der Waals surface area contributed by atoms with Crippen molar-refractivity contribution in [1.29, 1.82) is 0 Å². The third-order valence-electron chi connectivity index (χ3n) is 4.69. The van der Waals surface area contributed by atoms with E-state index in [1.165, 1.54) is 36.1 Å². The summed E-state index contributed by atoms with van der Waals surface area (Å²) in [6, 6.07) is 14.6.